The van der Waals surface area contributed by atoms with Crippen LogP contribution in [0.1, 0.15) is 28.8 Å². The summed E-state index contributed by atoms with van der Waals surface area (Å²) in [6.45, 7) is 3.85. The Labute approximate surface area is 139 Å². The van der Waals surface area contributed by atoms with E-state index in [4.69, 9.17) is 11.6 Å². The zero-order valence-corrected chi connectivity index (χ0v) is 14.0. The van der Waals surface area contributed by atoms with Crippen molar-refractivity contribution in [2.45, 2.75) is 25.8 Å². The highest BCUT2D eigenvalue weighted by molar-refractivity contribution is 7.14. The summed E-state index contributed by atoms with van der Waals surface area (Å²) in [5.74, 6) is 0.982. The number of amides is 1. The van der Waals surface area contributed by atoms with Crippen LogP contribution in [0.3, 0.4) is 0 Å². The zero-order chi connectivity index (χ0) is 15.5. The third-order valence-corrected chi connectivity index (χ3v) is 4.97. The second-order valence-electron chi connectivity index (χ2n) is 5.57. The van der Waals surface area contributed by atoms with Crippen molar-refractivity contribution in [1.82, 2.24) is 10.3 Å². The van der Waals surface area contributed by atoms with Crippen molar-refractivity contribution in [2.75, 3.05) is 18.0 Å². The molecule has 1 aliphatic heterocycles. The molecular weight excluding hydrogens is 318 g/mol. The largest absolute Gasteiger partial charge is 0.356 e. The van der Waals surface area contributed by atoms with E-state index in [9.17, 15) is 4.79 Å². The molecule has 1 N–H and O–H groups in total. The molecule has 4 nitrogen and oxygen atoms in total. The first kappa shape index (κ1) is 15.3. The molecule has 2 aromatic heterocycles. The van der Waals surface area contributed by atoms with Crippen LogP contribution in [0, 0.1) is 6.92 Å². The quantitative estimate of drug-likeness (QED) is 0.933. The van der Waals surface area contributed by atoms with Crippen LogP contribution in [-0.4, -0.2) is 30.0 Å². The van der Waals surface area contributed by atoms with Crippen LogP contribution in [0.15, 0.2) is 29.8 Å². The number of nitrogens with one attached hydrogen (secondary N) is 1. The van der Waals surface area contributed by atoms with Crippen LogP contribution in [0.4, 0.5) is 5.82 Å². The maximum Gasteiger partial charge on any atom is 0.252 e. The monoisotopic (exact) mass is 335 g/mol. The number of hydrogen-bond acceptors (Lipinski definition) is 4. The van der Waals surface area contributed by atoms with Gasteiger partial charge in [0.1, 0.15) is 5.82 Å². The van der Waals surface area contributed by atoms with Gasteiger partial charge >= 0.3 is 0 Å². The lowest BCUT2D eigenvalue weighted by Gasteiger charge is -2.33. The van der Waals surface area contributed by atoms with Crippen LogP contribution in [-0.2, 0) is 0 Å². The summed E-state index contributed by atoms with van der Waals surface area (Å²) in [6.07, 6.45) is 3.75. The molecule has 22 heavy (non-hydrogen) atoms. The molecule has 2 aromatic rings. The smallest absolute Gasteiger partial charge is 0.252 e. The Bertz CT molecular complexity index is 648. The van der Waals surface area contributed by atoms with Crippen LogP contribution in [0.5, 0.6) is 0 Å². The number of anilines is 1. The Morgan fingerprint density at radius 1 is 1.41 bits per heavy atom. The van der Waals surface area contributed by atoms with Gasteiger partial charge in [0, 0.05) is 30.7 Å². The van der Waals surface area contributed by atoms with Gasteiger partial charge < -0.3 is 10.2 Å². The fraction of sp³-hybridized carbons (Fsp3) is 0.375. The third kappa shape index (κ3) is 3.59. The summed E-state index contributed by atoms with van der Waals surface area (Å²) in [7, 11) is 0. The topological polar surface area (TPSA) is 45.2 Å². The Balaban J connectivity index is 1.53. The molecule has 0 bridgehead atoms. The van der Waals surface area contributed by atoms with Gasteiger partial charge in [-0.25, -0.2) is 4.98 Å². The molecule has 1 saturated heterocycles. The number of nitrogens with zero attached hydrogens (tertiary/aromatic N) is 2. The maximum absolute atomic E-state index is 12.1. The average molecular weight is 336 g/mol. The van der Waals surface area contributed by atoms with Crippen molar-refractivity contribution < 1.29 is 4.79 Å². The summed E-state index contributed by atoms with van der Waals surface area (Å²) < 4.78 is 0.644. The van der Waals surface area contributed by atoms with Gasteiger partial charge in [0.2, 0.25) is 0 Å². The second kappa shape index (κ2) is 6.67. The highest BCUT2D eigenvalue weighted by Crippen LogP contribution is 2.21. The molecule has 3 rings (SSSR count). The second-order valence-corrected chi connectivity index (χ2v) is 7.11. The van der Waals surface area contributed by atoms with Crippen molar-refractivity contribution in [3.05, 3.63) is 45.2 Å². The maximum atomic E-state index is 12.1. The van der Waals surface area contributed by atoms with E-state index >= 15 is 0 Å². The molecule has 0 radical (unpaired) electrons. The number of aromatic nitrogens is 1. The Kier molecular flexibility index (Phi) is 4.64. The Hall–Kier alpha value is -1.59. The first-order valence-electron chi connectivity index (χ1n) is 7.34. The van der Waals surface area contributed by atoms with Crippen molar-refractivity contribution in [2.24, 2.45) is 0 Å². The molecule has 0 aromatic carbocycles. The number of carbonyl (C=O) groups excluding carboxylic acids is 1. The summed E-state index contributed by atoms with van der Waals surface area (Å²) in [5, 5.41) is 4.89. The molecular formula is C16H18ClN3OS. The lowest BCUT2D eigenvalue weighted by atomic mass is 10.0. The van der Waals surface area contributed by atoms with Gasteiger partial charge in [0.05, 0.1) is 9.90 Å². The lowest BCUT2D eigenvalue weighted by molar-refractivity contribution is 0.0931. The third-order valence-electron chi connectivity index (χ3n) is 3.88. The van der Waals surface area contributed by atoms with Gasteiger partial charge in [0.25, 0.3) is 5.91 Å². The van der Waals surface area contributed by atoms with Crippen LogP contribution in [0.25, 0.3) is 0 Å². The standard InChI is InChI=1S/C16H18ClN3OS/c1-11-2-3-15(18-9-11)20-6-4-13(5-7-20)19-16(21)12-8-14(17)22-10-12/h2-3,8-10,13H,4-7H2,1H3,(H,19,21). The first-order chi connectivity index (χ1) is 10.6. The minimum atomic E-state index is -0.0324. The molecule has 0 spiro atoms. The fourth-order valence-electron chi connectivity index (χ4n) is 2.60. The number of halogens is 1. The molecule has 1 amide bonds. The summed E-state index contributed by atoms with van der Waals surface area (Å²) in [6, 6.07) is 6.07. The Morgan fingerprint density at radius 3 is 2.77 bits per heavy atom. The van der Waals surface area contributed by atoms with Crippen molar-refractivity contribution >= 4 is 34.7 Å². The van der Waals surface area contributed by atoms with Crippen LogP contribution >= 0.6 is 22.9 Å². The first-order valence-corrected chi connectivity index (χ1v) is 8.60. The number of rotatable bonds is 3. The van der Waals surface area contributed by atoms with E-state index in [2.05, 4.69) is 27.3 Å². The molecule has 0 aliphatic carbocycles. The zero-order valence-electron chi connectivity index (χ0n) is 12.4. The van der Waals surface area contributed by atoms with E-state index in [0.29, 0.717) is 9.90 Å². The number of thiophene rings is 1. The highest BCUT2D eigenvalue weighted by atomic mass is 35.5. The molecule has 1 aliphatic rings. The van der Waals surface area contributed by atoms with Crippen LogP contribution < -0.4 is 10.2 Å². The normalized spacial score (nSPS) is 15.8. The molecule has 3 heterocycles. The highest BCUT2D eigenvalue weighted by Gasteiger charge is 2.22. The van der Waals surface area contributed by atoms with E-state index in [1.165, 1.54) is 16.9 Å². The number of piperidine rings is 1. The molecule has 1 fully saturated rings. The molecule has 6 heteroatoms. The van der Waals surface area contributed by atoms with Crippen molar-refractivity contribution in [3.8, 4) is 0 Å². The van der Waals surface area contributed by atoms with Crippen molar-refractivity contribution in [1.29, 1.82) is 0 Å². The molecule has 0 unspecified atom stereocenters. The average Bonchev–Trinajstić information content (AvgIpc) is 2.96. The number of aryl methyl sites for hydroxylation is 1. The predicted molar refractivity (Wildman–Crippen MR) is 91.0 cm³/mol. The van der Waals surface area contributed by atoms with Gasteiger partial charge in [-0.05, 0) is 37.5 Å². The minimum absolute atomic E-state index is 0.0324. The van der Waals surface area contributed by atoms with Gasteiger partial charge in [-0.2, -0.15) is 0 Å². The van der Waals surface area contributed by atoms with E-state index in [1.54, 1.807) is 11.4 Å². The summed E-state index contributed by atoms with van der Waals surface area (Å²) >= 11 is 7.25. The Morgan fingerprint density at radius 2 is 2.18 bits per heavy atom. The molecule has 116 valence electrons. The number of carbonyl (C=O) groups is 1. The van der Waals surface area contributed by atoms with Gasteiger partial charge in [-0.3, -0.25) is 4.79 Å². The fourth-order valence-corrected chi connectivity index (χ4v) is 3.46. The number of hydrogen-bond donors (Lipinski definition) is 1. The summed E-state index contributed by atoms with van der Waals surface area (Å²) in [4.78, 5) is 18.9. The van der Waals surface area contributed by atoms with Gasteiger partial charge in [0.15, 0.2) is 0 Å². The predicted octanol–water partition coefficient (Wildman–Crippen LogP) is 3.50. The summed E-state index contributed by atoms with van der Waals surface area (Å²) in [5.41, 5.74) is 1.82. The van der Waals surface area contributed by atoms with Crippen molar-refractivity contribution in [3.63, 3.8) is 0 Å². The molecule has 0 atom stereocenters. The van der Waals surface area contributed by atoms with E-state index in [1.807, 2.05) is 13.1 Å². The van der Waals surface area contributed by atoms with E-state index in [0.717, 1.165) is 31.7 Å². The van der Waals surface area contributed by atoms with Gasteiger partial charge in [-0.15, -0.1) is 11.3 Å². The van der Waals surface area contributed by atoms with Crippen LogP contribution in [0.2, 0.25) is 4.34 Å². The van der Waals surface area contributed by atoms with Gasteiger partial charge in [-0.1, -0.05) is 17.7 Å². The lowest BCUT2D eigenvalue weighted by Crippen LogP contribution is -2.44. The molecule has 0 saturated carbocycles. The minimum Gasteiger partial charge on any atom is -0.356 e. The van der Waals surface area contributed by atoms with E-state index in [-0.39, 0.29) is 11.9 Å². The van der Waals surface area contributed by atoms with E-state index < -0.39 is 0 Å². The SMILES string of the molecule is Cc1ccc(N2CCC(NC(=O)c3csc(Cl)c3)CC2)nc1. The number of pyridine rings is 1.